The van der Waals surface area contributed by atoms with E-state index < -0.39 is 10.8 Å². The molecule has 1 unspecified atom stereocenters. The Hall–Kier alpha value is -0.650. The monoisotopic (exact) mass is 288 g/mol. The second-order valence-electron chi connectivity index (χ2n) is 3.68. The number of H-pyrrole nitrogens is 1. The zero-order valence-corrected chi connectivity index (χ0v) is 11.8. The molecule has 0 spiro atoms. The SMILES string of the molecule is CCS(=O)CCn1c(=S)[nH]c2ccc(Cl)cc21. The van der Waals surface area contributed by atoms with Crippen molar-refractivity contribution >= 4 is 45.7 Å². The first kappa shape index (κ1) is 12.8. The van der Waals surface area contributed by atoms with E-state index in [1.807, 2.05) is 29.7 Å². The van der Waals surface area contributed by atoms with Crippen LogP contribution in [0.1, 0.15) is 6.92 Å². The molecular weight excluding hydrogens is 276 g/mol. The lowest BCUT2D eigenvalue weighted by molar-refractivity contribution is 0.675. The summed E-state index contributed by atoms with van der Waals surface area (Å²) in [6.07, 6.45) is 0. The van der Waals surface area contributed by atoms with Gasteiger partial charge in [-0.3, -0.25) is 4.21 Å². The Labute approximate surface area is 112 Å². The van der Waals surface area contributed by atoms with Crippen LogP contribution in [0.5, 0.6) is 0 Å². The van der Waals surface area contributed by atoms with Crippen LogP contribution in [0.4, 0.5) is 0 Å². The zero-order valence-electron chi connectivity index (χ0n) is 9.40. The number of halogens is 1. The highest BCUT2D eigenvalue weighted by atomic mass is 35.5. The van der Waals surface area contributed by atoms with E-state index in [0.717, 1.165) is 11.0 Å². The van der Waals surface area contributed by atoms with E-state index in [4.69, 9.17) is 23.8 Å². The van der Waals surface area contributed by atoms with Crippen LogP contribution in [0.25, 0.3) is 11.0 Å². The summed E-state index contributed by atoms with van der Waals surface area (Å²) in [5.74, 6) is 1.29. The standard InChI is InChI=1S/C11H13ClN2OS2/c1-2-17(15)6-5-14-10-7-8(12)3-4-9(10)13-11(14)16/h3-4,7H,2,5-6H2,1H3,(H,13,16). The van der Waals surface area contributed by atoms with Gasteiger partial charge in [-0.05, 0) is 30.4 Å². The highest BCUT2D eigenvalue weighted by molar-refractivity contribution is 7.84. The van der Waals surface area contributed by atoms with Crippen LogP contribution in [-0.2, 0) is 17.3 Å². The lowest BCUT2D eigenvalue weighted by Crippen LogP contribution is -2.08. The van der Waals surface area contributed by atoms with E-state index >= 15 is 0 Å². The molecule has 0 radical (unpaired) electrons. The first-order valence-corrected chi connectivity index (χ1v) is 7.62. The number of aryl methyl sites for hydroxylation is 1. The molecule has 0 aliphatic rings. The topological polar surface area (TPSA) is 37.8 Å². The molecule has 0 aliphatic carbocycles. The van der Waals surface area contributed by atoms with Gasteiger partial charge in [0.05, 0.1) is 11.0 Å². The maximum Gasteiger partial charge on any atom is 0.178 e. The number of benzene rings is 1. The third kappa shape index (κ3) is 2.78. The highest BCUT2D eigenvalue weighted by Gasteiger charge is 2.06. The van der Waals surface area contributed by atoms with Crippen LogP contribution in [-0.4, -0.2) is 25.3 Å². The van der Waals surface area contributed by atoms with Gasteiger partial charge in [0.2, 0.25) is 0 Å². The number of fused-ring (bicyclic) bond motifs is 1. The fraction of sp³-hybridized carbons (Fsp3) is 0.364. The van der Waals surface area contributed by atoms with E-state index in [0.29, 0.717) is 27.8 Å². The number of hydrogen-bond acceptors (Lipinski definition) is 2. The number of nitrogens with one attached hydrogen (secondary N) is 1. The largest absolute Gasteiger partial charge is 0.331 e. The second kappa shape index (κ2) is 5.33. The Bertz CT molecular complexity index is 617. The number of hydrogen-bond donors (Lipinski definition) is 1. The average Bonchev–Trinajstić information content (AvgIpc) is 2.61. The van der Waals surface area contributed by atoms with Gasteiger partial charge in [-0.15, -0.1) is 0 Å². The van der Waals surface area contributed by atoms with Gasteiger partial charge in [-0.25, -0.2) is 0 Å². The Morgan fingerprint density at radius 2 is 2.29 bits per heavy atom. The Kier molecular flexibility index (Phi) is 4.01. The lowest BCUT2D eigenvalue weighted by Gasteiger charge is -2.03. The third-order valence-electron chi connectivity index (χ3n) is 2.60. The number of nitrogens with zero attached hydrogens (tertiary/aromatic N) is 1. The van der Waals surface area contributed by atoms with E-state index in [1.165, 1.54) is 0 Å². The van der Waals surface area contributed by atoms with Gasteiger partial charge < -0.3 is 9.55 Å². The third-order valence-corrected chi connectivity index (χ3v) is 4.44. The molecule has 6 heteroatoms. The van der Waals surface area contributed by atoms with Gasteiger partial charge in [-0.2, -0.15) is 0 Å². The van der Waals surface area contributed by atoms with E-state index in [1.54, 1.807) is 0 Å². The van der Waals surface area contributed by atoms with Crippen molar-refractivity contribution in [2.45, 2.75) is 13.5 Å². The van der Waals surface area contributed by atoms with Crippen molar-refractivity contribution in [2.24, 2.45) is 0 Å². The van der Waals surface area contributed by atoms with Gasteiger partial charge in [0.25, 0.3) is 0 Å². The summed E-state index contributed by atoms with van der Waals surface area (Å²) in [7, 11) is -0.782. The van der Waals surface area contributed by atoms with E-state index in [9.17, 15) is 4.21 Å². The molecule has 0 saturated carbocycles. The predicted octanol–water partition coefficient (Wildman–Crippen LogP) is 3.12. The van der Waals surface area contributed by atoms with Crippen LogP contribution in [0.2, 0.25) is 5.02 Å². The van der Waals surface area contributed by atoms with Gasteiger partial charge in [0, 0.05) is 33.9 Å². The summed E-state index contributed by atoms with van der Waals surface area (Å²) in [6, 6.07) is 5.60. The van der Waals surface area contributed by atoms with Gasteiger partial charge in [-0.1, -0.05) is 18.5 Å². The molecule has 1 aromatic carbocycles. The molecule has 1 aromatic heterocycles. The minimum Gasteiger partial charge on any atom is -0.331 e. The Balaban J connectivity index is 2.38. The second-order valence-corrected chi connectivity index (χ2v) is 6.36. The molecule has 2 rings (SSSR count). The van der Waals surface area contributed by atoms with Crippen molar-refractivity contribution in [1.82, 2.24) is 9.55 Å². The fourth-order valence-corrected chi connectivity index (χ4v) is 2.83. The number of aromatic amines is 1. The lowest BCUT2D eigenvalue weighted by atomic mass is 10.3. The molecule has 3 nitrogen and oxygen atoms in total. The normalized spacial score (nSPS) is 13.1. The van der Waals surface area contributed by atoms with Crippen molar-refractivity contribution in [2.75, 3.05) is 11.5 Å². The first-order valence-electron chi connectivity index (χ1n) is 5.35. The van der Waals surface area contributed by atoms with Crippen molar-refractivity contribution in [1.29, 1.82) is 0 Å². The molecular formula is C11H13ClN2OS2. The molecule has 0 amide bonds. The molecule has 1 heterocycles. The van der Waals surface area contributed by atoms with E-state index in [2.05, 4.69) is 4.98 Å². The quantitative estimate of drug-likeness (QED) is 0.878. The minimum atomic E-state index is -0.782. The van der Waals surface area contributed by atoms with E-state index in [-0.39, 0.29) is 0 Å². The van der Waals surface area contributed by atoms with Crippen LogP contribution in [0, 0.1) is 4.77 Å². The predicted molar refractivity (Wildman–Crippen MR) is 75.7 cm³/mol. The summed E-state index contributed by atoms with van der Waals surface area (Å²) >= 11 is 11.2. The summed E-state index contributed by atoms with van der Waals surface area (Å²) in [5.41, 5.74) is 1.93. The molecule has 92 valence electrons. The molecule has 2 aromatic rings. The number of aromatic nitrogens is 2. The summed E-state index contributed by atoms with van der Waals surface area (Å²) < 4.78 is 14.0. The zero-order chi connectivity index (χ0) is 12.4. The number of imidazole rings is 1. The van der Waals surface area contributed by atoms with Crippen molar-refractivity contribution in [3.05, 3.63) is 28.0 Å². The smallest absolute Gasteiger partial charge is 0.178 e. The fourth-order valence-electron chi connectivity index (χ4n) is 1.69. The van der Waals surface area contributed by atoms with Crippen molar-refractivity contribution in [3.63, 3.8) is 0 Å². The first-order chi connectivity index (χ1) is 8.11. The van der Waals surface area contributed by atoms with Crippen molar-refractivity contribution in [3.8, 4) is 0 Å². The van der Waals surface area contributed by atoms with Crippen LogP contribution in [0.3, 0.4) is 0 Å². The molecule has 0 saturated heterocycles. The minimum absolute atomic E-state index is 0.615. The summed E-state index contributed by atoms with van der Waals surface area (Å²) in [6.45, 7) is 2.57. The van der Waals surface area contributed by atoms with Crippen LogP contribution >= 0.6 is 23.8 Å². The van der Waals surface area contributed by atoms with Crippen molar-refractivity contribution < 1.29 is 4.21 Å². The molecule has 0 bridgehead atoms. The number of rotatable bonds is 4. The van der Waals surface area contributed by atoms with Crippen LogP contribution in [0.15, 0.2) is 18.2 Å². The Morgan fingerprint density at radius 1 is 1.53 bits per heavy atom. The Morgan fingerprint density at radius 3 is 3.00 bits per heavy atom. The molecule has 17 heavy (non-hydrogen) atoms. The summed E-state index contributed by atoms with van der Waals surface area (Å²) in [5, 5.41) is 0.678. The summed E-state index contributed by atoms with van der Waals surface area (Å²) in [4.78, 5) is 3.12. The van der Waals surface area contributed by atoms with Gasteiger partial charge in [0.1, 0.15) is 0 Å². The molecule has 1 N–H and O–H groups in total. The highest BCUT2D eigenvalue weighted by Crippen LogP contribution is 2.19. The van der Waals surface area contributed by atoms with Gasteiger partial charge >= 0.3 is 0 Å². The average molecular weight is 289 g/mol. The van der Waals surface area contributed by atoms with Gasteiger partial charge in [0.15, 0.2) is 4.77 Å². The maximum absolute atomic E-state index is 11.4. The molecule has 1 atom stereocenters. The van der Waals surface area contributed by atoms with Crippen LogP contribution < -0.4 is 0 Å². The molecule has 0 aliphatic heterocycles. The maximum atomic E-state index is 11.4. The molecule has 0 fully saturated rings.